The molecule has 2 heterocycles. The maximum Gasteiger partial charge on any atom is 0.240 e. The van der Waals surface area contributed by atoms with Crippen LogP contribution >= 0.6 is 0 Å². The third-order valence-electron chi connectivity index (χ3n) is 2.02. The lowest BCUT2D eigenvalue weighted by Gasteiger charge is -1.98. The summed E-state index contributed by atoms with van der Waals surface area (Å²) < 4.78 is 9.97. The van der Waals surface area contributed by atoms with Gasteiger partial charge in [0.25, 0.3) is 0 Å². The highest BCUT2D eigenvalue weighted by Gasteiger charge is 2.08. The summed E-state index contributed by atoms with van der Waals surface area (Å²) in [6.07, 6.45) is 4.77. The first-order valence-electron chi connectivity index (χ1n) is 5.19. The molecule has 0 bridgehead atoms. The van der Waals surface area contributed by atoms with Crippen LogP contribution in [0.15, 0.2) is 23.1 Å². The van der Waals surface area contributed by atoms with E-state index in [0.717, 1.165) is 6.54 Å². The van der Waals surface area contributed by atoms with Crippen LogP contribution in [0, 0.1) is 0 Å². The number of hydrogen-bond donors (Lipinski definition) is 1. The Morgan fingerprint density at radius 3 is 3.12 bits per heavy atom. The quantitative estimate of drug-likeness (QED) is 0.719. The summed E-state index contributed by atoms with van der Waals surface area (Å²) in [5.41, 5.74) is 0.597. The van der Waals surface area contributed by atoms with Gasteiger partial charge in [0, 0.05) is 26.0 Å². The molecule has 0 aromatic carbocycles. The third kappa shape index (κ3) is 3.30. The third-order valence-corrected chi connectivity index (χ3v) is 2.02. The lowest BCUT2D eigenvalue weighted by atomic mass is 10.4. The molecule has 90 valence electrons. The normalized spacial score (nSPS) is 10.6. The maximum absolute atomic E-state index is 5.07. The second-order valence-electron chi connectivity index (χ2n) is 3.27. The van der Waals surface area contributed by atoms with E-state index in [1.54, 1.807) is 25.7 Å². The van der Waals surface area contributed by atoms with Gasteiger partial charge < -0.3 is 14.6 Å². The van der Waals surface area contributed by atoms with Crippen LogP contribution < -0.4 is 5.32 Å². The zero-order valence-corrected chi connectivity index (χ0v) is 9.46. The summed E-state index contributed by atoms with van der Waals surface area (Å²) in [7, 11) is 1.65. The van der Waals surface area contributed by atoms with Crippen LogP contribution in [0.5, 0.6) is 0 Å². The van der Waals surface area contributed by atoms with E-state index in [2.05, 4.69) is 25.4 Å². The Kier molecular flexibility index (Phi) is 4.11. The van der Waals surface area contributed by atoms with Gasteiger partial charge >= 0.3 is 0 Å². The van der Waals surface area contributed by atoms with Crippen molar-refractivity contribution < 1.29 is 9.26 Å². The fourth-order valence-corrected chi connectivity index (χ4v) is 1.21. The minimum atomic E-state index is 0.446. The Hall–Kier alpha value is -1.86. The summed E-state index contributed by atoms with van der Waals surface area (Å²) in [5.74, 6) is 0.961. The van der Waals surface area contributed by atoms with Gasteiger partial charge in [-0.2, -0.15) is 4.98 Å². The van der Waals surface area contributed by atoms with Gasteiger partial charge in [-0.1, -0.05) is 5.16 Å². The molecule has 2 aromatic rings. The Morgan fingerprint density at radius 1 is 1.41 bits per heavy atom. The van der Waals surface area contributed by atoms with Crippen molar-refractivity contribution in [2.75, 3.05) is 20.3 Å². The van der Waals surface area contributed by atoms with Crippen molar-refractivity contribution in [3.8, 4) is 11.5 Å². The molecule has 2 rings (SSSR count). The second kappa shape index (κ2) is 6.02. The van der Waals surface area contributed by atoms with Gasteiger partial charge in [0.1, 0.15) is 5.69 Å². The number of aromatic nitrogens is 4. The van der Waals surface area contributed by atoms with E-state index in [4.69, 9.17) is 9.26 Å². The Labute approximate surface area is 98.2 Å². The number of methoxy groups -OCH3 is 1. The smallest absolute Gasteiger partial charge is 0.240 e. The summed E-state index contributed by atoms with van der Waals surface area (Å²) in [4.78, 5) is 12.2. The molecular weight excluding hydrogens is 222 g/mol. The molecule has 0 amide bonds. The predicted molar refractivity (Wildman–Crippen MR) is 58.9 cm³/mol. The summed E-state index contributed by atoms with van der Waals surface area (Å²) in [6.45, 7) is 1.89. The van der Waals surface area contributed by atoms with Crippen LogP contribution in [0.25, 0.3) is 11.5 Å². The standard InChI is InChI=1S/C10H13N5O2/c1-16-5-4-12-7-9-14-10(15-17-9)8-6-11-2-3-13-8/h2-3,6,12H,4-5,7H2,1H3. The first-order chi connectivity index (χ1) is 8.40. The Balaban J connectivity index is 1.92. The van der Waals surface area contributed by atoms with E-state index in [0.29, 0.717) is 30.6 Å². The van der Waals surface area contributed by atoms with Crippen LogP contribution in [0.1, 0.15) is 5.89 Å². The van der Waals surface area contributed by atoms with Crippen molar-refractivity contribution in [1.82, 2.24) is 25.4 Å². The maximum atomic E-state index is 5.07. The average molecular weight is 235 g/mol. The van der Waals surface area contributed by atoms with Crippen LogP contribution in [-0.2, 0) is 11.3 Å². The Bertz CT molecular complexity index is 445. The van der Waals surface area contributed by atoms with Gasteiger partial charge in [0.15, 0.2) is 0 Å². The van der Waals surface area contributed by atoms with Gasteiger partial charge in [0.05, 0.1) is 19.3 Å². The number of rotatable bonds is 6. The number of nitrogens with one attached hydrogen (secondary N) is 1. The average Bonchev–Trinajstić information content (AvgIpc) is 2.85. The predicted octanol–water partition coefficient (Wildman–Crippen LogP) is 0.263. The minimum absolute atomic E-state index is 0.446. The zero-order valence-electron chi connectivity index (χ0n) is 9.46. The lowest BCUT2D eigenvalue weighted by molar-refractivity contribution is 0.197. The molecule has 0 aliphatic carbocycles. The van der Waals surface area contributed by atoms with E-state index in [1.807, 2.05) is 0 Å². The van der Waals surface area contributed by atoms with E-state index < -0.39 is 0 Å². The molecule has 0 spiro atoms. The summed E-state index contributed by atoms with van der Waals surface area (Å²) in [5, 5.41) is 6.94. The minimum Gasteiger partial charge on any atom is -0.383 e. The Morgan fingerprint density at radius 2 is 2.35 bits per heavy atom. The van der Waals surface area contributed by atoms with Gasteiger partial charge in [-0.05, 0) is 0 Å². The molecule has 0 radical (unpaired) electrons. The molecule has 0 saturated heterocycles. The molecule has 0 fully saturated rings. The first-order valence-corrected chi connectivity index (χ1v) is 5.19. The number of nitrogens with zero attached hydrogens (tertiary/aromatic N) is 4. The number of ether oxygens (including phenoxy) is 1. The van der Waals surface area contributed by atoms with Crippen LogP contribution in [0.4, 0.5) is 0 Å². The van der Waals surface area contributed by atoms with E-state index in [1.165, 1.54) is 0 Å². The van der Waals surface area contributed by atoms with Gasteiger partial charge in [-0.3, -0.25) is 4.98 Å². The van der Waals surface area contributed by atoms with Gasteiger partial charge in [0.2, 0.25) is 11.7 Å². The van der Waals surface area contributed by atoms with E-state index in [-0.39, 0.29) is 0 Å². The van der Waals surface area contributed by atoms with Crippen LogP contribution in [0.2, 0.25) is 0 Å². The van der Waals surface area contributed by atoms with Gasteiger partial charge in [-0.25, -0.2) is 4.98 Å². The first kappa shape index (κ1) is 11.6. The highest BCUT2D eigenvalue weighted by atomic mass is 16.5. The highest BCUT2D eigenvalue weighted by molar-refractivity contribution is 5.45. The molecule has 0 unspecified atom stereocenters. The molecule has 0 aliphatic heterocycles. The molecule has 0 saturated carbocycles. The second-order valence-corrected chi connectivity index (χ2v) is 3.27. The lowest BCUT2D eigenvalue weighted by Crippen LogP contribution is -2.18. The summed E-state index contributed by atoms with van der Waals surface area (Å²) in [6, 6.07) is 0. The van der Waals surface area contributed by atoms with Crippen LogP contribution in [0.3, 0.4) is 0 Å². The van der Waals surface area contributed by atoms with Crippen molar-refractivity contribution in [3.05, 3.63) is 24.5 Å². The topological polar surface area (TPSA) is 86.0 Å². The van der Waals surface area contributed by atoms with Crippen molar-refractivity contribution in [2.24, 2.45) is 0 Å². The van der Waals surface area contributed by atoms with E-state index in [9.17, 15) is 0 Å². The highest BCUT2D eigenvalue weighted by Crippen LogP contribution is 2.10. The SMILES string of the molecule is COCCNCc1nc(-c2cnccn2)no1. The fourth-order valence-electron chi connectivity index (χ4n) is 1.21. The molecule has 1 N–H and O–H groups in total. The monoisotopic (exact) mass is 235 g/mol. The molecule has 0 aliphatic rings. The molecule has 0 atom stereocenters. The number of hydrogen-bond acceptors (Lipinski definition) is 7. The fraction of sp³-hybridized carbons (Fsp3) is 0.400. The molecular formula is C10H13N5O2. The van der Waals surface area contributed by atoms with Gasteiger partial charge in [-0.15, -0.1) is 0 Å². The zero-order chi connectivity index (χ0) is 11.9. The largest absolute Gasteiger partial charge is 0.383 e. The van der Waals surface area contributed by atoms with Crippen LogP contribution in [-0.4, -0.2) is 40.4 Å². The van der Waals surface area contributed by atoms with E-state index >= 15 is 0 Å². The molecule has 2 aromatic heterocycles. The molecule has 17 heavy (non-hydrogen) atoms. The van der Waals surface area contributed by atoms with Crippen molar-refractivity contribution in [3.63, 3.8) is 0 Å². The molecule has 7 nitrogen and oxygen atoms in total. The van der Waals surface area contributed by atoms with Crippen molar-refractivity contribution in [2.45, 2.75) is 6.54 Å². The van der Waals surface area contributed by atoms with Crippen molar-refractivity contribution in [1.29, 1.82) is 0 Å². The van der Waals surface area contributed by atoms with Crippen molar-refractivity contribution >= 4 is 0 Å². The molecule has 7 heteroatoms. The summed E-state index contributed by atoms with van der Waals surface area (Å²) >= 11 is 0.